The SMILES string of the molecule is C=Cc1cc(-c2ccc(Oc3ccc(F)cc3)cc2)nc(C2OC2OC)c1. The summed E-state index contributed by atoms with van der Waals surface area (Å²) in [5.41, 5.74) is 3.55. The van der Waals surface area contributed by atoms with Crippen molar-refractivity contribution in [2.75, 3.05) is 7.11 Å². The number of halogens is 1. The molecule has 1 aliphatic rings. The zero-order valence-corrected chi connectivity index (χ0v) is 14.8. The highest BCUT2D eigenvalue weighted by molar-refractivity contribution is 5.64. The molecule has 0 aliphatic carbocycles. The lowest BCUT2D eigenvalue weighted by molar-refractivity contribution is 0.0950. The van der Waals surface area contributed by atoms with Crippen LogP contribution < -0.4 is 4.74 Å². The molecule has 0 N–H and O–H groups in total. The predicted molar refractivity (Wildman–Crippen MR) is 101 cm³/mol. The minimum atomic E-state index is -0.294. The van der Waals surface area contributed by atoms with Crippen LogP contribution in [0.2, 0.25) is 0 Å². The Kier molecular flexibility index (Phi) is 4.71. The van der Waals surface area contributed by atoms with Crippen molar-refractivity contribution in [3.8, 4) is 22.8 Å². The molecule has 0 bridgehead atoms. The largest absolute Gasteiger partial charge is 0.457 e. The molecule has 1 fully saturated rings. The van der Waals surface area contributed by atoms with Gasteiger partial charge in [-0.25, -0.2) is 9.37 Å². The number of benzene rings is 2. The van der Waals surface area contributed by atoms with Crippen LogP contribution in [0.4, 0.5) is 4.39 Å². The van der Waals surface area contributed by atoms with Gasteiger partial charge in [0.25, 0.3) is 0 Å². The molecule has 4 nitrogen and oxygen atoms in total. The molecule has 136 valence electrons. The standard InChI is InChI=1S/C22H18FNO3/c1-3-14-12-19(24-20(13-14)21-22(25-2)27-21)15-4-8-17(9-5-15)26-18-10-6-16(23)7-11-18/h3-13,21-22H,1H2,2H3. The fraction of sp³-hybridized carbons (Fsp3) is 0.136. The van der Waals surface area contributed by atoms with Crippen LogP contribution in [0.15, 0.2) is 67.2 Å². The number of methoxy groups -OCH3 is 1. The monoisotopic (exact) mass is 363 g/mol. The van der Waals surface area contributed by atoms with E-state index in [9.17, 15) is 4.39 Å². The van der Waals surface area contributed by atoms with E-state index in [0.29, 0.717) is 11.5 Å². The fourth-order valence-corrected chi connectivity index (χ4v) is 2.81. The van der Waals surface area contributed by atoms with E-state index in [0.717, 1.165) is 22.5 Å². The van der Waals surface area contributed by atoms with E-state index in [1.54, 1.807) is 25.3 Å². The summed E-state index contributed by atoms with van der Waals surface area (Å²) in [6.45, 7) is 3.85. The second-order valence-corrected chi connectivity index (χ2v) is 6.16. The van der Waals surface area contributed by atoms with E-state index >= 15 is 0 Å². The molecule has 0 radical (unpaired) electrons. The second kappa shape index (κ2) is 7.31. The van der Waals surface area contributed by atoms with Gasteiger partial charge in [0.1, 0.15) is 17.3 Å². The first kappa shape index (κ1) is 17.4. The summed E-state index contributed by atoms with van der Waals surface area (Å²) >= 11 is 0. The molecule has 2 unspecified atom stereocenters. The van der Waals surface area contributed by atoms with Crippen molar-refractivity contribution in [1.82, 2.24) is 4.98 Å². The van der Waals surface area contributed by atoms with E-state index in [1.165, 1.54) is 12.1 Å². The van der Waals surface area contributed by atoms with Crippen molar-refractivity contribution in [1.29, 1.82) is 0 Å². The van der Waals surface area contributed by atoms with E-state index in [-0.39, 0.29) is 18.2 Å². The highest BCUT2D eigenvalue weighted by Crippen LogP contribution is 2.39. The van der Waals surface area contributed by atoms with Crippen LogP contribution in [0, 0.1) is 5.82 Å². The lowest BCUT2D eigenvalue weighted by atomic mass is 10.1. The summed E-state index contributed by atoms with van der Waals surface area (Å²) in [5, 5.41) is 0. The Bertz CT molecular complexity index is 954. The normalized spacial score (nSPS) is 18.1. The molecule has 2 atom stereocenters. The Morgan fingerprint density at radius 3 is 2.30 bits per heavy atom. The van der Waals surface area contributed by atoms with Gasteiger partial charge in [-0.1, -0.05) is 12.7 Å². The number of epoxide rings is 1. The minimum Gasteiger partial charge on any atom is -0.457 e. The number of aromatic nitrogens is 1. The quantitative estimate of drug-likeness (QED) is 0.553. The average molecular weight is 363 g/mol. The lowest BCUT2D eigenvalue weighted by Gasteiger charge is -2.08. The Balaban J connectivity index is 1.57. The zero-order valence-electron chi connectivity index (χ0n) is 14.8. The van der Waals surface area contributed by atoms with Crippen molar-refractivity contribution in [2.45, 2.75) is 12.4 Å². The maximum absolute atomic E-state index is 13.0. The third-order valence-corrected chi connectivity index (χ3v) is 4.28. The molecule has 0 amide bonds. The molecule has 1 aliphatic heterocycles. The molecule has 1 aromatic heterocycles. The topological polar surface area (TPSA) is 43.9 Å². The van der Waals surface area contributed by atoms with Gasteiger partial charge in [-0.2, -0.15) is 0 Å². The van der Waals surface area contributed by atoms with E-state index in [2.05, 4.69) is 6.58 Å². The number of hydrogen-bond donors (Lipinski definition) is 0. The van der Waals surface area contributed by atoms with Gasteiger partial charge in [0.2, 0.25) is 0 Å². The van der Waals surface area contributed by atoms with Gasteiger partial charge in [0.15, 0.2) is 12.4 Å². The molecular weight excluding hydrogens is 345 g/mol. The first-order chi connectivity index (χ1) is 13.2. The number of pyridine rings is 1. The molecule has 27 heavy (non-hydrogen) atoms. The molecule has 2 aromatic carbocycles. The molecule has 0 saturated carbocycles. The molecule has 4 rings (SSSR count). The number of ether oxygens (including phenoxy) is 3. The Hall–Kier alpha value is -3.02. The molecule has 3 aromatic rings. The summed E-state index contributed by atoms with van der Waals surface area (Å²) in [5.74, 6) is 0.946. The summed E-state index contributed by atoms with van der Waals surface area (Å²) in [6.07, 6.45) is 1.40. The average Bonchev–Trinajstić information content (AvgIpc) is 3.50. The minimum absolute atomic E-state index is 0.144. The predicted octanol–water partition coefficient (Wildman–Crippen LogP) is 5.37. The zero-order chi connectivity index (χ0) is 18.8. The van der Waals surface area contributed by atoms with E-state index < -0.39 is 0 Å². The van der Waals surface area contributed by atoms with Gasteiger partial charge in [0.05, 0.1) is 11.4 Å². The molecule has 2 heterocycles. The number of rotatable bonds is 6. The van der Waals surface area contributed by atoms with Gasteiger partial charge >= 0.3 is 0 Å². The second-order valence-electron chi connectivity index (χ2n) is 6.16. The van der Waals surface area contributed by atoms with Gasteiger partial charge in [-0.15, -0.1) is 0 Å². The van der Waals surface area contributed by atoms with Crippen LogP contribution in [-0.2, 0) is 9.47 Å². The van der Waals surface area contributed by atoms with Crippen molar-refractivity contribution in [3.63, 3.8) is 0 Å². The van der Waals surface area contributed by atoms with Crippen molar-refractivity contribution in [3.05, 3.63) is 84.3 Å². The van der Waals surface area contributed by atoms with E-state index in [4.69, 9.17) is 19.2 Å². The maximum atomic E-state index is 13.0. The van der Waals surface area contributed by atoms with E-state index in [1.807, 2.05) is 36.4 Å². The van der Waals surface area contributed by atoms with Crippen molar-refractivity contribution < 1.29 is 18.6 Å². The highest BCUT2D eigenvalue weighted by atomic mass is 19.1. The van der Waals surface area contributed by atoms with Crippen molar-refractivity contribution in [2.24, 2.45) is 0 Å². The van der Waals surface area contributed by atoms with Crippen LogP contribution in [0.25, 0.3) is 17.3 Å². The van der Waals surface area contributed by atoms with Crippen molar-refractivity contribution >= 4 is 6.08 Å². The summed E-state index contributed by atoms with van der Waals surface area (Å²) in [7, 11) is 1.61. The molecule has 5 heteroatoms. The first-order valence-corrected chi connectivity index (χ1v) is 8.53. The summed E-state index contributed by atoms with van der Waals surface area (Å²) < 4.78 is 29.4. The number of nitrogens with zero attached hydrogens (tertiary/aromatic N) is 1. The Morgan fingerprint density at radius 2 is 1.70 bits per heavy atom. The Labute approximate surface area is 156 Å². The van der Waals surface area contributed by atoms with Crippen LogP contribution >= 0.6 is 0 Å². The molecule has 0 spiro atoms. The van der Waals surface area contributed by atoms with Gasteiger partial charge < -0.3 is 14.2 Å². The molecular formula is C22H18FNO3. The summed E-state index contributed by atoms with van der Waals surface area (Å²) in [6, 6.07) is 17.4. The first-order valence-electron chi connectivity index (χ1n) is 8.53. The van der Waals surface area contributed by atoms with Gasteiger partial charge in [0, 0.05) is 12.7 Å². The van der Waals surface area contributed by atoms with Gasteiger partial charge in [-0.3, -0.25) is 0 Å². The van der Waals surface area contributed by atoms with Crippen LogP contribution in [-0.4, -0.2) is 18.4 Å². The molecule has 1 saturated heterocycles. The maximum Gasteiger partial charge on any atom is 0.190 e. The van der Waals surface area contributed by atoms with Crippen LogP contribution in [0.3, 0.4) is 0 Å². The summed E-state index contributed by atoms with van der Waals surface area (Å²) in [4.78, 5) is 4.70. The van der Waals surface area contributed by atoms with Crippen LogP contribution in [0.1, 0.15) is 17.4 Å². The number of hydrogen-bond acceptors (Lipinski definition) is 4. The third kappa shape index (κ3) is 3.89. The van der Waals surface area contributed by atoms with Crippen LogP contribution in [0.5, 0.6) is 11.5 Å². The Morgan fingerprint density at radius 1 is 1.04 bits per heavy atom. The smallest absolute Gasteiger partial charge is 0.190 e. The fourth-order valence-electron chi connectivity index (χ4n) is 2.81. The van der Waals surface area contributed by atoms with Gasteiger partial charge in [-0.05, 0) is 66.2 Å². The highest BCUT2D eigenvalue weighted by Gasteiger charge is 2.42. The third-order valence-electron chi connectivity index (χ3n) is 4.28. The lowest BCUT2D eigenvalue weighted by Crippen LogP contribution is -1.97.